The van der Waals surface area contributed by atoms with E-state index in [2.05, 4.69) is 25.5 Å². The quantitative estimate of drug-likeness (QED) is 0.679. The van der Waals surface area contributed by atoms with Crippen molar-refractivity contribution < 1.29 is 9.90 Å². The Bertz CT molecular complexity index is 467. The van der Waals surface area contributed by atoms with E-state index in [1.807, 2.05) is 0 Å². The van der Waals surface area contributed by atoms with Crippen LogP contribution in [0.2, 0.25) is 0 Å². The highest BCUT2D eigenvalue weighted by molar-refractivity contribution is 5.92. The van der Waals surface area contributed by atoms with Gasteiger partial charge in [0.05, 0.1) is 18.1 Å². The molecule has 0 saturated carbocycles. The van der Waals surface area contributed by atoms with Crippen LogP contribution in [0.1, 0.15) is 10.5 Å². The van der Waals surface area contributed by atoms with Crippen molar-refractivity contribution in [2.45, 2.75) is 0 Å². The lowest BCUT2D eigenvalue weighted by Crippen LogP contribution is -2.02. The van der Waals surface area contributed by atoms with E-state index in [4.69, 9.17) is 5.11 Å². The van der Waals surface area contributed by atoms with Gasteiger partial charge >= 0.3 is 5.97 Å². The van der Waals surface area contributed by atoms with Gasteiger partial charge in [0.1, 0.15) is 5.82 Å². The average Bonchev–Trinajstić information content (AvgIpc) is 2.67. The summed E-state index contributed by atoms with van der Waals surface area (Å²) in [5.41, 5.74) is 0.337. The van der Waals surface area contributed by atoms with Crippen molar-refractivity contribution in [3.05, 3.63) is 30.5 Å². The van der Waals surface area contributed by atoms with E-state index in [-0.39, 0.29) is 5.69 Å². The van der Waals surface area contributed by atoms with Crippen LogP contribution >= 0.6 is 0 Å². The first-order chi connectivity index (χ1) is 7.27. The smallest absolute Gasteiger partial charge is 0.356 e. The number of anilines is 2. The largest absolute Gasteiger partial charge is 0.476 e. The maximum absolute atomic E-state index is 10.7. The van der Waals surface area contributed by atoms with E-state index in [1.165, 1.54) is 24.8 Å². The molecule has 0 fully saturated rings. The summed E-state index contributed by atoms with van der Waals surface area (Å²) in [5.74, 6) is -0.625. The number of nitrogens with zero attached hydrogens (tertiary/aromatic N) is 3. The van der Waals surface area contributed by atoms with Crippen LogP contribution in [0.15, 0.2) is 24.8 Å². The van der Waals surface area contributed by atoms with Crippen LogP contribution in [0.3, 0.4) is 0 Å². The lowest BCUT2D eigenvalue weighted by atomic mass is 10.3. The summed E-state index contributed by atoms with van der Waals surface area (Å²) < 4.78 is 0. The first kappa shape index (κ1) is 9.13. The summed E-state index contributed by atoms with van der Waals surface area (Å²) in [5, 5.41) is 17.6. The number of aromatic amines is 1. The van der Waals surface area contributed by atoms with Gasteiger partial charge in [-0.15, -0.1) is 0 Å². The van der Waals surface area contributed by atoms with Gasteiger partial charge in [0.2, 0.25) is 0 Å². The number of carbonyl (C=O) groups is 1. The van der Waals surface area contributed by atoms with E-state index in [9.17, 15) is 4.79 Å². The van der Waals surface area contributed by atoms with Crippen molar-refractivity contribution in [1.82, 2.24) is 20.2 Å². The number of carboxylic acid groups (broad SMARTS) is 1. The number of carboxylic acids is 1. The molecule has 0 aliphatic carbocycles. The third kappa shape index (κ3) is 1.90. The van der Waals surface area contributed by atoms with E-state index in [0.29, 0.717) is 11.5 Å². The van der Waals surface area contributed by atoms with Gasteiger partial charge in [-0.05, 0) is 0 Å². The Labute approximate surface area is 84.2 Å². The predicted octanol–water partition coefficient (Wildman–Crippen LogP) is 0.641. The summed E-state index contributed by atoms with van der Waals surface area (Å²) >= 11 is 0. The molecule has 7 nitrogen and oxygen atoms in total. The number of hydrogen-bond donors (Lipinski definition) is 3. The maximum Gasteiger partial charge on any atom is 0.356 e. The molecule has 0 unspecified atom stereocenters. The zero-order valence-electron chi connectivity index (χ0n) is 7.51. The van der Waals surface area contributed by atoms with Gasteiger partial charge in [0.25, 0.3) is 0 Å². The normalized spacial score (nSPS) is 9.87. The molecular formula is C8H7N5O2. The van der Waals surface area contributed by atoms with Crippen LogP contribution in [0.4, 0.5) is 11.5 Å². The fourth-order valence-corrected chi connectivity index (χ4v) is 1.05. The number of hydrogen-bond acceptors (Lipinski definition) is 5. The van der Waals surface area contributed by atoms with Gasteiger partial charge in [-0.2, -0.15) is 5.10 Å². The zero-order chi connectivity index (χ0) is 10.7. The van der Waals surface area contributed by atoms with Crippen molar-refractivity contribution in [2.24, 2.45) is 0 Å². The topological polar surface area (TPSA) is 104 Å². The molecule has 2 heterocycles. The Morgan fingerprint density at radius 3 is 2.93 bits per heavy atom. The lowest BCUT2D eigenvalue weighted by Gasteiger charge is -2.01. The molecule has 7 heteroatoms. The van der Waals surface area contributed by atoms with Crippen molar-refractivity contribution in [2.75, 3.05) is 5.32 Å². The third-order valence-corrected chi connectivity index (χ3v) is 1.68. The van der Waals surface area contributed by atoms with E-state index < -0.39 is 5.97 Å². The lowest BCUT2D eigenvalue weighted by molar-refractivity contribution is 0.0691. The third-order valence-electron chi connectivity index (χ3n) is 1.68. The van der Waals surface area contributed by atoms with Crippen molar-refractivity contribution in [1.29, 1.82) is 0 Å². The van der Waals surface area contributed by atoms with Gasteiger partial charge in [0, 0.05) is 12.4 Å². The zero-order valence-corrected chi connectivity index (χ0v) is 7.51. The first-order valence-corrected chi connectivity index (χ1v) is 4.07. The molecule has 0 radical (unpaired) electrons. The summed E-state index contributed by atoms with van der Waals surface area (Å²) in [7, 11) is 0. The Morgan fingerprint density at radius 2 is 2.27 bits per heavy atom. The molecule has 0 bridgehead atoms. The molecule has 0 atom stereocenters. The molecule has 2 aromatic heterocycles. The fourth-order valence-electron chi connectivity index (χ4n) is 1.05. The van der Waals surface area contributed by atoms with Crippen LogP contribution in [0.25, 0.3) is 0 Å². The minimum atomic E-state index is -1.08. The van der Waals surface area contributed by atoms with E-state index in [1.54, 1.807) is 0 Å². The number of rotatable bonds is 3. The standard InChI is InChI=1S/C8H7N5O2/c14-8(15)7-5(3-11-13-7)12-6-4-9-1-2-10-6/h1-4H,(H,10,12)(H,11,13)(H,14,15). The molecule has 15 heavy (non-hydrogen) atoms. The van der Waals surface area contributed by atoms with E-state index >= 15 is 0 Å². The Hall–Kier alpha value is -2.44. The minimum Gasteiger partial charge on any atom is -0.476 e. The van der Waals surface area contributed by atoms with Gasteiger partial charge in [0.15, 0.2) is 5.69 Å². The second-order valence-corrected chi connectivity index (χ2v) is 2.68. The number of aromatic nitrogens is 4. The molecule has 76 valence electrons. The van der Waals surface area contributed by atoms with Crippen LogP contribution in [0.5, 0.6) is 0 Å². The second-order valence-electron chi connectivity index (χ2n) is 2.68. The summed E-state index contributed by atoms with van der Waals surface area (Å²) in [6.07, 6.45) is 5.89. The molecule has 0 amide bonds. The molecule has 0 aliphatic heterocycles. The number of H-pyrrole nitrogens is 1. The Balaban J connectivity index is 2.25. The first-order valence-electron chi connectivity index (χ1n) is 4.07. The Kier molecular flexibility index (Phi) is 2.28. The van der Waals surface area contributed by atoms with Crippen molar-refractivity contribution >= 4 is 17.5 Å². The highest BCUT2D eigenvalue weighted by atomic mass is 16.4. The van der Waals surface area contributed by atoms with Gasteiger partial charge in [-0.3, -0.25) is 10.1 Å². The average molecular weight is 205 g/mol. The molecule has 0 aromatic carbocycles. The van der Waals surface area contributed by atoms with Crippen LogP contribution < -0.4 is 5.32 Å². The molecule has 2 rings (SSSR count). The van der Waals surface area contributed by atoms with Gasteiger partial charge < -0.3 is 10.4 Å². The van der Waals surface area contributed by atoms with Crippen molar-refractivity contribution in [3.8, 4) is 0 Å². The van der Waals surface area contributed by atoms with Gasteiger partial charge in [-0.25, -0.2) is 9.78 Å². The molecule has 0 spiro atoms. The van der Waals surface area contributed by atoms with Crippen LogP contribution in [-0.2, 0) is 0 Å². The summed E-state index contributed by atoms with van der Waals surface area (Å²) in [4.78, 5) is 18.5. The molecule has 3 N–H and O–H groups in total. The minimum absolute atomic E-state index is 0.0133. The number of nitrogens with one attached hydrogen (secondary N) is 2. The molecule has 0 saturated heterocycles. The maximum atomic E-state index is 10.7. The van der Waals surface area contributed by atoms with Crippen LogP contribution in [0, 0.1) is 0 Å². The Morgan fingerprint density at radius 1 is 1.40 bits per heavy atom. The number of aromatic carboxylic acids is 1. The predicted molar refractivity (Wildman–Crippen MR) is 50.9 cm³/mol. The van der Waals surface area contributed by atoms with E-state index in [0.717, 1.165) is 0 Å². The highest BCUT2D eigenvalue weighted by Crippen LogP contribution is 2.15. The second kappa shape index (κ2) is 3.74. The molecule has 0 aliphatic rings. The summed E-state index contributed by atoms with van der Waals surface area (Å²) in [6, 6.07) is 0. The monoisotopic (exact) mass is 205 g/mol. The SMILES string of the molecule is O=C(O)c1[nH]ncc1Nc1cnccn1. The fraction of sp³-hybridized carbons (Fsp3) is 0. The van der Waals surface area contributed by atoms with Crippen molar-refractivity contribution in [3.63, 3.8) is 0 Å². The highest BCUT2D eigenvalue weighted by Gasteiger charge is 2.12. The van der Waals surface area contributed by atoms with Crippen LogP contribution in [-0.4, -0.2) is 31.2 Å². The van der Waals surface area contributed by atoms with Gasteiger partial charge in [-0.1, -0.05) is 0 Å². The molecule has 2 aromatic rings. The summed E-state index contributed by atoms with van der Waals surface area (Å²) in [6.45, 7) is 0. The molecular weight excluding hydrogens is 198 g/mol.